The summed E-state index contributed by atoms with van der Waals surface area (Å²) in [6.07, 6.45) is 7.87. The summed E-state index contributed by atoms with van der Waals surface area (Å²) in [5.74, 6) is -0.967. The van der Waals surface area contributed by atoms with Gasteiger partial charge < -0.3 is 4.74 Å². The Morgan fingerprint density at radius 1 is 0.971 bits per heavy atom. The minimum atomic E-state index is -0.561. The fourth-order valence-corrected chi connectivity index (χ4v) is 3.75. The first-order valence-electron chi connectivity index (χ1n) is 11.9. The second kappa shape index (κ2) is 12.5. The number of nitrogens with zero attached hydrogens (tertiary/aromatic N) is 1. The van der Waals surface area contributed by atoms with Crippen LogP contribution in [0.25, 0.3) is 12.2 Å². The Morgan fingerprint density at radius 2 is 1.62 bits per heavy atom. The van der Waals surface area contributed by atoms with E-state index in [-0.39, 0.29) is 18.3 Å². The van der Waals surface area contributed by atoms with Crippen LogP contribution >= 0.6 is 0 Å². The molecular weight excluding hydrogens is 428 g/mol. The summed E-state index contributed by atoms with van der Waals surface area (Å²) >= 11 is 0. The molecule has 6 heteroatoms. The summed E-state index contributed by atoms with van der Waals surface area (Å²) in [4.78, 5) is 39.7. The maximum atomic E-state index is 13.2. The van der Waals surface area contributed by atoms with E-state index in [0.29, 0.717) is 5.57 Å². The highest BCUT2D eigenvalue weighted by atomic mass is 16.5. The topological polar surface area (TPSA) is 75.7 Å². The van der Waals surface area contributed by atoms with Gasteiger partial charge in [0, 0.05) is 0 Å². The average Bonchev–Trinajstić information content (AvgIpc) is 3.11. The molecule has 2 aromatic carbocycles. The Hall–Kier alpha value is -3.67. The Bertz CT molecular complexity index is 1040. The number of unbranched alkanes of at least 4 members (excludes halogenated alkanes) is 2. The van der Waals surface area contributed by atoms with E-state index >= 15 is 0 Å². The molecule has 2 aromatic rings. The van der Waals surface area contributed by atoms with Crippen molar-refractivity contribution < 1.29 is 19.1 Å². The van der Waals surface area contributed by atoms with Crippen LogP contribution in [0.3, 0.4) is 0 Å². The number of hydrogen-bond donors (Lipinski definition) is 1. The van der Waals surface area contributed by atoms with Crippen LogP contribution in [0.2, 0.25) is 0 Å². The molecule has 0 saturated carbocycles. The summed E-state index contributed by atoms with van der Waals surface area (Å²) in [5.41, 5.74) is 2.10. The summed E-state index contributed by atoms with van der Waals surface area (Å²) in [6.45, 7) is 4.06. The van der Waals surface area contributed by atoms with Crippen LogP contribution in [0, 0.1) is 0 Å². The minimum Gasteiger partial charge on any atom is -0.459 e. The van der Waals surface area contributed by atoms with E-state index in [1.807, 2.05) is 67.6 Å². The molecule has 1 heterocycles. The lowest BCUT2D eigenvalue weighted by Crippen LogP contribution is -2.32. The van der Waals surface area contributed by atoms with Gasteiger partial charge in [0.2, 0.25) is 0 Å². The molecule has 178 valence electrons. The predicted molar refractivity (Wildman–Crippen MR) is 133 cm³/mol. The lowest BCUT2D eigenvalue weighted by atomic mass is 10.1. The van der Waals surface area contributed by atoms with Gasteiger partial charge in [0.15, 0.2) is 0 Å². The van der Waals surface area contributed by atoms with E-state index in [4.69, 9.17) is 4.74 Å². The first-order chi connectivity index (χ1) is 16.5. The number of amides is 3. The predicted octanol–water partition coefficient (Wildman–Crippen LogP) is 5.57. The molecule has 0 radical (unpaired) electrons. The van der Waals surface area contributed by atoms with Crippen LogP contribution in [-0.4, -0.2) is 35.5 Å². The molecule has 1 atom stereocenters. The third kappa shape index (κ3) is 6.91. The summed E-state index contributed by atoms with van der Waals surface area (Å²) in [7, 11) is 0. The van der Waals surface area contributed by atoms with Gasteiger partial charge in [-0.15, -0.1) is 0 Å². The molecule has 3 rings (SSSR count). The number of ether oxygens (including phenoxy) is 1. The molecule has 1 N–H and O–H groups in total. The van der Waals surface area contributed by atoms with Crippen molar-refractivity contribution in [1.82, 2.24) is 10.2 Å². The van der Waals surface area contributed by atoms with E-state index in [9.17, 15) is 14.4 Å². The minimum absolute atomic E-state index is 0.0740. The van der Waals surface area contributed by atoms with Gasteiger partial charge in [-0.25, -0.2) is 9.59 Å². The molecule has 6 nitrogen and oxygen atoms in total. The molecule has 1 fully saturated rings. The second-order valence-electron chi connectivity index (χ2n) is 8.30. The fourth-order valence-electron chi connectivity index (χ4n) is 3.75. The normalized spacial score (nSPS) is 16.0. The first kappa shape index (κ1) is 25.0. The van der Waals surface area contributed by atoms with Crippen LogP contribution in [-0.2, 0) is 14.3 Å². The molecule has 0 aliphatic carbocycles. The number of esters is 1. The van der Waals surface area contributed by atoms with Crippen LogP contribution in [0.15, 0.2) is 71.9 Å². The monoisotopic (exact) mass is 460 g/mol. The van der Waals surface area contributed by atoms with E-state index in [0.717, 1.165) is 43.2 Å². The molecule has 1 aliphatic rings. The van der Waals surface area contributed by atoms with Crippen molar-refractivity contribution in [3.8, 4) is 0 Å². The SMILES string of the molecule is CCCCCC(CC)OC(=O)C(=Cc1ccccc1)CN1C(=O)NC(=O)C1=Cc1ccccc1. The molecule has 1 saturated heterocycles. The van der Waals surface area contributed by atoms with Gasteiger partial charge in [-0.05, 0) is 42.5 Å². The number of hydrogen-bond acceptors (Lipinski definition) is 4. The number of benzene rings is 2. The molecule has 3 amide bonds. The van der Waals surface area contributed by atoms with Gasteiger partial charge in [0.1, 0.15) is 11.8 Å². The van der Waals surface area contributed by atoms with Crippen LogP contribution in [0.1, 0.15) is 57.1 Å². The quantitative estimate of drug-likeness (QED) is 0.206. The lowest BCUT2D eigenvalue weighted by Gasteiger charge is -2.20. The average molecular weight is 461 g/mol. The van der Waals surface area contributed by atoms with Crippen molar-refractivity contribution in [2.75, 3.05) is 6.54 Å². The van der Waals surface area contributed by atoms with Gasteiger partial charge in [-0.3, -0.25) is 15.0 Å². The van der Waals surface area contributed by atoms with Gasteiger partial charge in [-0.1, -0.05) is 87.4 Å². The Balaban J connectivity index is 1.88. The molecular formula is C28H32N2O4. The van der Waals surface area contributed by atoms with Crippen molar-refractivity contribution in [3.05, 3.63) is 83.1 Å². The Labute approximate surface area is 201 Å². The lowest BCUT2D eigenvalue weighted by molar-refractivity contribution is -0.145. The smallest absolute Gasteiger partial charge is 0.336 e. The highest BCUT2D eigenvalue weighted by Gasteiger charge is 2.35. The van der Waals surface area contributed by atoms with Crippen LogP contribution in [0.4, 0.5) is 4.79 Å². The van der Waals surface area contributed by atoms with E-state index in [2.05, 4.69) is 12.2 Å². The molecule has 0 aromatic heterocycles. The molecule has 1 aliphatic heterocycles. The van der Waals surface area contributed by atoms with E-state index in [1.54, 1.807) is 12.2 Å². The molecule has 0 spiro atoms. The summed E-state index contributed by atoms with van der Waals surface area (Å²) in [6, 6.07) is 18.1. The molecule has 34 heavy (non-hydrogen) atoms. The number of nitrogens with one attached hydrogen (secondary N) is 1. The first-order valence-corrected chi connectivity index (χ1v) is 11.9. The van der Waals surface area contributed by atoms with Gasteiger partial charge in [0.05, 0.1) is 12.1 Å². The summed E-state index contributed by atoms with van der Waals surface area (Å²) in [5, 5.41) is 2.33. The van der Waals surface area contributed by atoms with Crippen molar-refractivity contribution in [3.63, 3.8) is 0 Å². The largest absolute Gasteiger partial charge is 0.459 e. The number of rotatable bonds is 11. The number of carbonyl (C=O) groups is 3. The third-order valence-corrected chi connectivity index (χ3v) is 5.68. The number of carbonyl (C=O) groups excluding carboxylic acids is 3. The zero-order valence-corrected chi connectivity index (χ0v) is 19.8. The number of urea groups is 1. The van der Waals surface area contributed by atoms with Gasteiger partial charge in [-0.2, -0.15) is 0 Å². The zero-order valence-electron chi connectivity index (χ0n) is 19.8. The van der Waals surface area contributed by atoms with Crippen LogP contribution in [0.5, 0.6) is 0 Å². The van der Waals surface area contributed by atoms with E-state index in [1.165, 1.54) is 4.90 Å². The third-order valence-electron chi connectivity index (χ3n) is 5.68. The van der Waals surface area contributed by atoms with Crippen molar-refractivity contribution in [2.24, 2.45) is 0 Å². The number of imide groups is 1. The second-order valence-corrected chi connectivity index (χ2v) is 8.30. The highest BCUT2D eigenvalue weighted by molar-refractivity contribution is 6.14. The fraction of sp³-hybridized carbons (Fsp3) is 0.321. The van der Waals surface area contributed by atoms with E-state index < -0.39 is 17.9 Å². The Morgan fingerprint density at radius 3 is 2.24 bits per heavy atom. The molecule has 0 bridgehead atoms. The van der Waals surface area contributed by atoms with Crippen LogP contribution < -0.4 is 5.32 Å². The maximum Gasteiger partial charge on any atom is 0.336 e. The van der Waals surface area contributed by atoms with Crippen molar-refractivity contribution >= 4 is 30.1 Å². The summed E-state index contributed by atoms with van der Waals surface area (Å²) < 4.78 is 5.84. The maximum absolute atomic E-state index is 13.2. The molecule has 1 unspecified atom stereocenters. The highest BCUT2D eigenvalue weighted by Crippen LogP contribution is 2.21. The van der Waals surface area contributed by atoms with Crippen molar-refractivity contribution in [1.29, 1.82) is 0 Å². The van der Waals surface area contributed by atoms with Gasteiger partial charge >= 0.3 is 12.0 Å². The Kier molecular flexibility index (Phi) is 9.21. The van der Waals surface area contributed by atoms with Gasteiger partial charge in [0.25, 0.3) is 5.91 Å². The zero-order chi connectivity index (χ0) is 24.3. The standard InChI is InChI=1S/C28H32N2O4/c1-3-5-8-17-24(4-2)34-27(32)23(18-21-13-9-6-10-14-21)20-30-25(26(31)29-28(30)33)19-22-15-11-7-12-16-22/h6-7,9-16,18-19,24H,3-5,8,17,20H2,1-2H3,(H,29,31,33). The van der Waals surface area contributed by atoms with Crippen molar-refractivity contribution in [2.45, 2.75) is 52.1 Å².